The lowest BCUT2D eigenvalue weighted by Crippen LogP contribution is -2.53. The van der Waals surface area contributed by atoms with Crippen LogP contribution in [0.1, 0.15) is 39.0 Å². The van der Waals surface area contributed by atoms with E-state index in [4.69, 9.17) is 0 Å². The summed E-state index contributed by atoms with van der Waals surface area (Å²) in [6.45, 7) is 3.32. The van der Waals surface area contributed by atoms with Crippen LogP contribution in [0, 0.1) is 5.92 Å². The molecule has 19 heavy (non-hydrogen) atoms. The summed E-state index contributed by atoms with van der Waals surface area (Å²) in [5, 5.41) is 6.15. The van der Waals surface area contributed by atoms with Gasteiger partial charge in [0.2, 0.25) is 11.8 Å². The highest BCUT2D eigenvalue weighted by Crippen LogP contribution is 2.29. The number of nitrogens with one attached hydrogen (secondary N) is 2. The maximum atomic E-state index is 12.6. The van der Waals surface area contributed by atoms with Crippen molar-refractivity contribution in [3.63, 3.8) is 0 Å². The van der Waals surface area contributed by atoms with Gasteiger partial charge >= 0.3 is 0 Å². The number of nitrogens with zero attached hydrogens (tertiary/aromatic N) is 1. The molecule has 2 atom stereocenters. The largest absolute Gasteiger partial charge is 0.344 e. The molecule has 2 rings (SSSR count). The van der Waals surface area contributed by atoms with Gasteiger partial charge in [0.15, 0.2) is 0 Å². The van der Waals surface area contributed by atoms with Crippen molar-refractivity contribution >= 4 is 11.8 Å². The molecule has 2 N–H and O–H groups in total. The Bertz CT molecular complexity index is 334. The molecule has 1 saturated carbocycles. The fraction of sp³-hybridized carbons (Fsp3) is 0.857. The third-order valence-corrected chi connectivity index (χ3v) is 4.43. The molecule has 5 heteroatoms. The van der Waals surface area contributed by atoms with Gasteiger partial charge in [-0.3, -0.25) is 9.59 Å². The normalized spacial score (nSPS) is 25.3. The zero-order chi connectivity index (χ0) is 13.8. The van der Waals surface area contributed by atoms with Crippen molar-refractivity contribution in [2.24, 2.45) is 5.92 Å². The topological polar surface area (TPSA) is 61.4 Å². The van der Waals surface area contributed by atoms with Crippen LogP contribution in [0.2, 0.25) is 0 Å². The Balaban J connectivity index is 2.02. The van der Waals surface area contributed by atoms with Gasteiger partial charge in [0.25, 0.3) is 0 Å². The van der Waals surface area contributed by atoms with Crippen molar-refractivity contribution in [1.82, 2.24) is 15.5 Å². The minimum atomic E-state index is -0.328. The number of carbonyl (C=O) groups excluding carboxylic acids is 2. The lowest BCUT2D eigenvalue weighted by molar-refractivity contribution is -0.138. The molecule has 0 radical (unpaired) electrons. The van der Waals surface area contributed by atoms with Crippen LogP contribution in [0.25, 0.3) is 0 Å². The summed E-state index contributed by atoms with van der Waals surface area (Å²) in [6, 6.07) is -0.0595. The third-order valence-electron chi connectivity index (χ3n) is 4.43. The Labute approximate surface area is 115 Å². The summed E-state index contributed by atoms with van der Waals surface area (Å²) in [6.07, 6.45) is 5.44. The predicted octanol–water partition coefficient (Wildman–Crippen LogP) is 0.502. The first kappa shape index (κ1) is 14.3. The Kier molecular flexibility index (Phi) is 4.80. The van der Waals surface area contributed by atoms with Crippen molar-refractivity contribution in [3.05, 3.63) is 0 Å². The Morgan fingerprint density at radius 2 is 1.95 bits per heavy atom. The van der Waals surface area contributed by atoms with Crippen molar-refractivity contribution < 1.29 is 9.59 Å². The molecular weight excluding hydrogens is 242 g/mol. The van der Waals surface area contributed by atoms with Crippen LogP contribution in [-0.4, -0.2) is 48.9 Å². The Hall–Kier alpha value is -1.10. The number of rotatable bonds is 4. The highest BCUT2D eigenvalue weighted by Gasteiger charge is 2.35. The van der Waals surface area contributed by atoms with Gasteiger partial charge in [-0.25, -0.2) is 0 Å². The van der Waals surface area contributed by atoms with E-state index in [1.807, 2.05) is 11.9 Å². The molecule has 0 aromatic heterocycles. The smallest absolute Gasteiger partial charge is 0.245 e. The van der Waals surface area contributed by atoms with Crippen molar-refractivity contribution in [1.29, 1.82) is 0 Å². The first-order valence-corrected chi connectivity index (χ1v) is 7.34. The molecule has 2 fully saturated rings. The maximum absolute atomic E-state index is 12.6. The zero-order valence-corrected chi connectivity index (χ0v) is 11.9. The number of hydrogen-bond acceptors (Lipinski definition) is 3. The number of hydrogen-bond donors (Lipinski definition) is 2. The highest BCUT2D eigenvalue weighted by atomic mass is 16.2. The van der Waals surface area contributed by atoms with Gasteiger partial charge in [0, 0.05) is 26.6 Å². The van der Waals surface area contributed by atoms with Crippen LogP contribution >= 0.6 is 0 Å². The standard InChI is InChI=1S/C14H25N3O2/c1-10(18)16-13(11-5-3-4-6-11)14(19)17(2)12-7-8-15-9-12/h11-13,15H,3-9H2,1-2H3,(H,16,18). The average molecular weight is 267 g/mol. The van der Waals surface area contributed by atoms with E-state index in [1.165, 1.54) is 19.8 Å². The SMILES string of the molecule is CC(=O)NC(C(=O)N(C)C1CCNC1)C1CCCC1. The Morgan fingerprint density at radius 3 is 2.47 bits per heavy atom. The molecule has 0 spiro atoms. The summed E-state index contributed by atoms with van der Waals surface area (Å²) < 4.78 is 0. The van der Waals surface area contributed by atoms with Crippen molar-refractivity contribution in [3.8, 4) is 0 Å². The molecule has 1 saturated heterocycles. The van der Waals surface area contributed by atoms with Crippen molar-refractivity contribution in [2.75, 3.05) is 20.1 Å². The van der Waals surface area contributed by atoms with E-state index >= 15 is 0 Å². The van der Waals surface area contributed by atoms with Crippen LogP contribution in [0.5, 0.6) is 0 Å². The number of likely N-dealkylation sites (N-methyl/N-ethyl adjacent to an activating group) is 1. The van der Waals surface area contributed by atoms with E-state index in [0.717, 1.165) is 32.4 Å². The highest BCUT2D eigenvalue weighted by molar-refractivity contribution is 5.87. The van der Waals surface area contributed by atoms with Gasteiger partial charge in [-0.05, 0) is 31.7 Å². The molecule has 1 aliphatic carbocycles. The third kappa shape index (κ3) is 3.47. The molecule has 2 amide bonds. The Morgan fingerprint density at radius 1 is 1.26 bits per heavy atom. The van der Waals surface area contributed by atoms with Gasteiger partial charge in [-0.2, -0.15) is 0 Å². The summed E-state index contributed by atoms with van der Waals surface area (Å²) in [5.41, 5.74) is 0. The first-order chi connectivity index (χ1) is 9.09. The van der Waals surface area contributed by atoms with Gasteiger partial charge in [0.05, 0.1) is 0 Å². The van der Waals surface area contributed by atoms with Crippen LogP contribution < -0.4 is 10.6 Å². The van der Waals surface area contributed by atoms with E-state index in [0.29, 0.717) is 5.92 Å². The molecule has 2 unspecified atom stereocenters. The molecule has 5 nitrogen and oxygen atoms in total. The second-order valence-electron chi connectivity index (χ2n) is 5.82. The van der Waals surface area contributed by atoms with Crippen LogP contribution in [0.3, 0.4) is 0 Å². The van der Waals surface area contributed by atoms with E-state index in [9.17, 15) is 9.59 Å². The van der Waals surface area contributed by atoms with Gasteiger partial charge in [-0.15, -0.1) is 0 Å². The van der Waals surface area contributed by atoms with Gasteiger partial charge < -0.3 is 15.5 Å². The minimum absolute atomic E-state index is 0.0794. The quantitative estimate of drug-likeness (QED) is 0.780. The van der Waals surface area contributed by atoms with Gasteiger partial charge in [0.1, 0.15) is 6.04 Å². The summed E-state index contributed by atoms with van der Waals surface area (Å²) in [5.74, 6) is 0.284. The predicted molar refractivity (Wildman–Crippen MR) is 73.6 cm³/mol. The minimum Gasteiger partial charge on any atom is -0.344 e. The van der Waals surface area contributed by atoms with Crippen LogP contribution in [0.15, 0.2) is 0 Å². The first-order valence-electron chi connectivity index (χ1n) is 7.34. The van der Waals surface area contributed by atoms with E-state index in [2.05, 4.69) is 10.6 Å². The number of carbonyl (C=O) groups is 2. The summed E-state index contributed by atoms with van der Waals surface area (Å²) in [4.78, 5) is 25.8. The second-order valence-corrected chi connectivity index (χ2v) is 5.82. The fourth-order valence-corrected chi connectivity index (χ4v) is 3.26. The zero-order valence-electron chi connectivity index (χ0n) is 11.9. The lowest BCUT2D eigenvalue weighted by Gasteiger charge is -2.31. The molecule has 0 aromatic rings. The van der Waals surface area contributed by atoms with Crippen LogP contribution in [-0.2, 0) is 9.59 Å². The molecule has 0 aromatic carbocycles. The van der Waals surface area contributed by atoms with Crippen LogP contribution in [0.4, 0.5) is 0 Å². The molecule has 2 aliphatic rings. The van der Waals surface area contributed by atoms with Crippen molar-refractivity contribution in [2.45, 2.75) is 51.1 Å². The van der Waals surface area contributed by atoms with Gasteiger partial charge in [-0.1, -0.05) is 12.8 Å². The maximum Gasteiger partial charge on any atom is 0.245 e. The summed E-state index contributed by atoms with van der Waals surface area (Å²) >= 11 is 0. The van der Waals surface area contributed by atoms with E-state index < -0.39 is 0 Å². The molecule has 1 heterocycles. The molecule has 0 bridgehead atoms. The fourth-order valence-electron chi connectivity index (χ4n) is 3.26. The number of amides is 2. The summed E-state index contributed by atoms with van der Waals surface area (Å²) in [7, 11) is 1.86. The van der Waals surface area contributed by atoms with E-state index in [-0.39, 0.29) is 23.9 Å². The monoisotopic (exact) mass is 267 g/mol. The molecule has 108 valence electrons. The average Bonchev–Trinajstić information content (AvgIpc) is 3.05. The molecular formula is C14H25N3O2. The lowest BCUT2D eigenvalue weighted by atomic mass is 9.96. The molecule has 1 aliphatic heterocycles. The van der Waals surface area contributed by atoms with E-state index in [1.54, 1.807) is 0 Å². The second kappa shape index (κ2) is 6.37.